The summed E-state index contributed by atoms with van der Waals surface area (Å²) in [7, 11) is 0. The predicted molar refractivity (Wildman–Crippen MR) is 119 cm³/mol. The molecule has 2 aromatic carbocycles. The zero-order valence-electron chi connectivity index (χ0n) is 16.7. The van der Waals surface area contributed by atoms with Crippen LogP contribution in [-0.2, 0) is 11.2 Å². The number of hydrogen-bond donors (Lipinski definition) is 0. The number of carbonyl (C=O) groups excluding carboxylic acids is 1. The van der Waals surface area contributed by atoms with E-state index in [1.54, 1.807) is 4.52 Å². The number of rotatable bonds is 4. The van der Waals surface area contributed by atoms with Crippen molar-refractivity contribution in [2.45, 2.75) is 24.9 Å². The summed E-state index contributed by atoms with van der Waals surface area (Å²) in [5, 5.41) is 13.8. The molecule has 3 heterocycles. The van der Waals surface area contributed by atoms with Gasteiger partial charge in [0.2, 0.25) is 11.1 Å². The molecule has 0 saturated heterocycles. The highest BCUT2D eigenvalue weighted by Crippen LogP contribution is 2.28. The molecule has 2 aromatic heterocycles. The van der Waals surface area contributed by atoms with E-state index in [-0.39, 0.29) is 5.91 Å². The second-order valence-electron chi connectivity index (χ2n) is 7.40. The average Bonchev–Trinajstić information content (AvgIpc) is 3.20. The molecule has 30 heavy (non-hydrogen) atoms. The first-order valence-corrected chi connectivity index (χ1v) is 11.0. The molecule has 0 N–H and O–H groups in total. The number of carbonyl (C=O) groups is 1. The number of aromatic nitrogens is 4. The van der Waals surface area contributed by atoms with Crippen molar-refractivity contribution in [1.29, 1.82) is 0 Å². The van der Waals surface area contributed by atoms with Gasteiger partial charge in [0.1, 0.15) is 0 Å². The van der Waals surface area contributed by atoms with Gasteiger partial charge in [0, 0.05) is 17.8 Å². The molecule has 7 heteroatoms. The Labute approximate surface area is 178 Å². The molecule has 150 valence electrons. The summed E-state index contributed by atoms with van der Waals surface area (Å²) < 4.78 is 1.72. The van der Waals surface area contributed by atoms with Gasteiger partial charge in [0.05, 0.1) is 11.4 Å². The largest absolute Gasteiger partial charge is 0.311 e. The van der Waals surface area contributed by atoms with Gasteiger partial charge in [-0.2, -0.15) is 9.61 Å². The maximum Gasteiger partial charge on any atom is 0.237 e. The van der Waals surface area contributed by atoms with Gasteiger partial charge >= 0.3 is 0 Å². The molecule has 1 amide bonds. The number of fused-ring (bicyclic) bond motifs is 2. The zero-order chi connectivity index (χ0) is 20.5. The summed E-state index contributed by atoms with van der Waals surface area (Å²) >= 11 is 1.37. The maximum atomic E-state index is 12.9. The molecular formula is C23H21N5OS. The van der Waals surface area contributed by atoms with E-state index < -0.39 is 0 Å². The number of hydrogen-bond acceptors (Lipinski definition) is 5. The molecule has 6 nitrogen and oxygen atoms in total. The van der Waals surface area contributed by atoms with Crippen LogP contribution in [0.1, 0.15) is 17.5 Å². The van der Waals surface area contributed by atoms with Gasteiger partial charge in [-0.15, -0.1) is 10.2 Å². The highest BCUT2D eigenvalue weighted by Gasteiger charge is 2.23. The molecule has 0 atom stereocenters. The lowest BCUT2D eigenvalue weighted by Crippen LogP contribution is -2.36. The fourth-order valence-electron chi connectivity index (χ4n) is 3.73. The van der Waals surface area contributed by atoms with Crippen molar-refractivity contribution in [3.8, 4) is 11.3 Å². The monoisotopic (exact) mass is 415 g/mol. The molecule has 4 aromatic rings. The number of benzene rings is 2. The molecule has 0 unspecified atom stereocenters. The van der Waals surface area contributed by atoms with Gasteiger partial charge in [0.15, 0.2) is 5.65 Å². The SMILES string of the molecule is Cc1ccc(-c2ccc3nnc(SCC(=O)N4CCCc5ccccc54)n3n2)cc1. The standard InChI is InChI=1S/C23H21N5OS/c1-16-8-10-17(11-9-16)19-12-13-21-24-25-23(28(21)26-19)30-15-22(29)27-14-4-6-18-5-2-3-7-20(18)27/h2-3,5,7-13H,4,6,14-15H2,1H3. The first-order chi connectivity index (χ1) is 14.7. The minimum atomic E-state index is 0.0820. The molecule has 0 bridgehead atoms. The second-order valence-corrected chi connectivity index (χ2v) is 8.35. The van der Waals surface area contributed by atoms with Crippen LogP contribution in [-0.4, -0.2) is 38.0 Å². The van der Waals surface area contributed by atoms with Gasteiger partial charge < -0.3 is 4.90 Å². The van der Waals surface area contributed by atoms with Crippen LogP contribution in [0.25, 0.3) is 16.9 Å². The number of aryl methyl sites for hydroxylation is 2. The van der Waals surface area contributed by atoms with Gasteiger partial charge in [-0.25, -0.2) is 0 Å². The van der Waals surface area contributed by atoms with E-state index in [1.165, 1.54) is 22.9 Å². The highest BCUT2D eigenvalue weighted by molar-refractivity contribution is 7.99. The highest BCUT2D eigenvalue weighted by atomic mass is 32.2. The van der Waals surface area contributed by atoms with Crippen molar-refractivity contribution >= 4 is 29.0 Å². The molecule has 1 aliphatic rings. The second kappa shape index (κ2) is 7.91. The quantitative estimate of drug-likeness (QED) is 0.468. The first-order valence-electron chi connectivity index (χ1n) is 9.99. The van der Waals surface area contributed by atoms with Gasteiger partial charge in [-0.1, -0.05) is 59.8 Å². The van der Waals surface area contributed by atoms with E-state index in [0.29, 0.717) is 16.6 Å². The van der Waals surface area contributed by atoms with Gasteiger partial charge in [-0.05, 0) is 43.5 Å². The molecule has 0 spiro atoms. The number of anilines is 1. The van der Waals surface area contributed by atoms with Crippen molar-refractivity contribution in [2.24, 2.45) is 0 Å². The Morgan fingerprint density at radius 2 is 1.87 bits per heavy atom. The van der Waals surface area contributed by atoms with Gasteiger partial charge in [-0.3, -0.25) is 4.79 Å². The van der Waals surface area contributed by atoms with Crippen LogP contribution in [0.3, 0.4) is 0 Å². The first kappa shape index (κ1) is 18.8. The third kappa shape index (κ3) is 3.57. The number of nitrogens with zero attached hydrogens (tertiary/aromatic N) is 5. The normalized spacial score (nSPS) is 13.4. The third-order valence-electron chi connectivity index (χ3n) is 5.32. The van der Waals surface area contributed by atoms with Crippen molar-refractivity contribution < 1.29 is 4.79 Å². The van der Waals surface area contributed by atoms with E-state index in [1.807, 2.05) is 35.2 Å². The Morgan fingerprint density at radius 3 is 2.73 bits per heavy atom. The third-order valence-corrected chi connectivity index (χ3v) is 6.22. The Hall–Kier alpha value is -3.19. The number of amides is 1. The Bertz CT molecular complexity index is 1220. The predicted octanol–water partition coefficient (Wildman–Crippen LogP) is 4.17. The van der Waals surface area contributed by atoms with Crippen molar-refractivity contribution in [2.75, 3.05) is 17.2 Å². The fourth-order valence-corrected chi connectivity index (χ4v) is 4.50. The van der Waals surface area contributed by atoms with Crippen LogP contribution in [0.4, 0.5) is 5.69 Å². The summed E-state index contributed by atoms with van der Waals surface area (Å²) in [6.45, 7) is 2.82. The van der Waals surface area contributed by atoms with Gasteiger partial charge in [0.25, 0.3) is 0 Å². The van der Waals surface area contributed by atoms with E-state index in [9.17, 15) is 4.79 Å². The Kier molecular flexibility index (Phi) is 4.96. The van der Waals surface area contributed by atoms with Crippen molar-refractivity contribution in [3.05, 3.63) is 71.8 Å². The number of thioether (sulfide) groups is 1. The summed E-state index contributed by atoms with van der Waals surface area (Å²) in [6, 6.07) is 20.2. The Balaban J connectivity index is 1.36. The van der Waals surface area contributed by atoms with Crippen LogP contribution in [0.2, 0.25) is 0 Å². The molecule has 5 rings (SSSR count). The van der Waals surface area contributed by atoms with E-state index in [0.717, 1.165) is 36.3 Å². The molecule has 0 fully saturated rings. The van der Waals surface area contributed by atoms with Crippen molar-refractivity contribution in [1.82, 2.24) is 19.8 Å². The maximum absolute atomic E-state index is 12.9. The Morgan fingerprint density at radius 1 is 1.03 bits per heavy atom. The molecule has 0 saturated carbocycles. The van der Waals surface area contributed by atoms with Crippen LogP contribution < -0.4 is 4.90 Å². The summed E-state index contributed by atoms with van der Waals surface area (Å²) in [5.74, 6) is 0.379. The van der Waals surface area contributed by atoms with E-state index >= 15 is 0 Å². The minimum absolute atomic E-state index is 0.0820. The fraction of sp³-hybridized carbons (Fsp3) is 0.217. The summed E-state index contributed by atoms with van der Waals surface area (Å²) in [6.07, 6.45) is 2.01. The lowest BCUT2D eigenvalue weighted by atomic mass is 10.0. The van der Waals surface area contributed by atoms with Crippen LogP contribution in [0.5, 0.6) is 0 Å². The summed E-state index contributed by atoms with van der Waals surface area (Å²) in [4.78, 5) is 14.8. The minimum Gasteiger partial charge on any atom is -0.311 e. The molecule has 1 aliphatic heterocycles. The lowest BCUT2D eigenvalue weighted by molar-refractivity contribution is -0.116. The lowest BCUT2D eigenvalue weighted by Gasteiger charge is -2.29. The van der Waals surface area contributed by atoms with Crippen molar-refractivity contribution in [3.63, 3.8) is 0 Å². The summed E-state index contributed by atoms with van der Waals surface area (Å²) in [5.41, 5.74) is 6.02. The smallest absolute Gasteiger partial charge is 0.237 e. The van der Waals surface area contributed by atoms with E-state index in [2.05, 4.69) is 47.5 Å². The average molecular weight is 416 g/mol. The molecular weight excluding hydrogens is 394 g/mol. The van der Waals surface area contributed by atoms with Crippen LogP contribution in [0, 0.1) is 6.92 Å². The zero-order valence-corrected chi connectivity index (χ0v) is 17.5. The number of para-hydroxylation sites is 1. The van der Waals surface area contributed by atoms with Crippen LogP contribution in [0.15, 0.2) is 65.8 Å². The molecule has 0 aliphatic carbocycles. The molecule has 0 radical (unpaired) electrons. The van der Waals surface area contributed by atoms with Crippen LogP contribution >= 0.6 is 11.8 Å². The van der Waals surface area contributed by atoms with E-state index in [4.69, 9.17) is 5.10 Å². The topological polar surface area (TPSA) is 63.4 Å².